The molecule has 1 aromatic carbocycles. The summed E-state index contributed by atoms with van der Waals surface area (Å²) < 4.78 is 1.16. The summed E-state index contributed by atoms with van der Waals surface area (Å²) in [6.07, 6.45) is 2.83. The van der Waals surface area contributed by atoms with Gasteiger partial charge in [0.05, 0.1) is 0 Å². The summed E-state index contributed by atoms with van der Waals surface area (Å²) in [5, 5.41) is 0.920. The highest BCUT2D eigenvalue weighted by molar-refractivity contribution is 9.10. The molecule has 3 heteroatoms. The molecule has 2 rings (SSSR count). The topological polar surface area (TPSA) is 3.24 Å². The van der Waals surface area contributed by atoms with Gasteiger partial charge in [-0.1, -0.05) is 31.9 Å². The summed E-state index contributed by atoms with van der Waals surface area (Å²) in [6, 6.07) is 6.57. The van der Waals surface area contributed by atoms with Gasteiger partial charge in [0, 0.05) is 28.6 Å². The molecular formula is C13H17Br2N. The van der Waals surface area contributed by atoms with E-state index >= 15 is 0 Å². The van der Waals surface area contributed by atoms with Gasteiger partial charge in [-0.25, -0.2) is 0 Å². The number of rotatable bonds is 5. The van der Waals surface area contributed by atoms with Gasteiger partial charge in [0.15, 0.2) is 0 Å². The number of anilines is 1. The SMILES string of the molecule is CCN(CC1CC1)c1ccc(Br)cc1CBr. The molecule has 0 spiro atoms. The van der Waals surface area contributed by atoms with Crippen molar-refractivity contribution < 1.29 is 0 Å². The molecule has 1 fully saturated rings. The molecule has 0 heterocycles. The maximum atomic E-state index is 3.57. The molecule has 0 N–H and O–H groups in total. The van der Waals surface area contributed by atoms with E-state index in [2.05, 4.69) is 61.9 Å². The second-order valence-corrected chi connectivity index (χ2v) is 5.87. The molecule has 0 unspecified atom stereocenters. The number of nitrogens with zero attached hydrogens (tertiary/aromatic N) is 1. The lowest BCUT2D eigenvalue weighted by atomic mass is 10.1. The van der Waals surface area contributed by atoms with Crippen molar-refractivity contribution in [1.29, 1.82) is 0 Å². The third kappa shape index (κ3) is 3.01. The van der Waals surface area contributed by atoms with Gasteiger partial charge in [-0.15, -0.1) is 0 Å². The third-order valence-corrected chi connectivity index (χ3v) is 4.18. The van der Waals surface area contributed by atoms with E-state index in [-0.39, 0.29) is 0 Å². The van der Waals surface area contributed by atoms with Crippen LogP contribution in [0.3, 0.4) is 0 Å². The monoisotopic (exact) mass is 345 g/mol. The molecule has 0 aliphatic heterocycles. The van der Waals surface area contributed by atoms with Crippen LogP contribution in [0.25, 0.3) is 0 Å². The van der Waals surface area contributed by atoms with Crippen molar-refractivity contribution in [3.8, 4) is 0 Å². The molecule has 0 bridgehead atoms. The molecule has 1 nitrogen and oxygen atoms in total. The Morgan fingerprint density at radius 2 is 2.12 bits per heavy atom. The van der Waals surface area contributed by atoms with Gasteiger partial charge in [-0.05, 0) is 49.4 Å². The predicted octanol–water partition coefficient (Wildman–Crippen LogP) is 4.58. The van der Waals surface area contributed by atoms with E-state index in [1.165, 1.54) is 30.6 Å². The number of halogens is 2. The predicted molar refractivity (Wildman–Crippen MR) is 77.4 cm³/mol. The lowest BCUT2D eigenvalue weighted by molar-refractivity contribution is 0.740. The fourth-order valence-electron chi connectivity index (χ4n) is 1.98. The smallest absolute Gasteiger partial charge is 0.0408 e. The van der Waals surface area contributed by atoms with Crippen molar-refractivity contribution >= 4 is 37.5 Å². The minimum Gasteiger partial charge on any atom is -0.371 e. The highest BCUT2D eigenvalue weighted by Gasteiger charge is 2.24. The second-order valence-electron chi connectivity index (χ2n) is 4.39. The molecule has 0 atom stereocenters. The molecule has 1 aromatic rings. The molecule has 1 aliphatic rings. The number of hydrogen-bond acceptors (Lipinski definition) is 1. The zero-order valence-electron chi connectivity index (χ0n) is 9.55. The van der Waals surface area contributed by atoms with E-state index in [1.54, 1.807) is 0 Å². The first kappa shape index (κ1) is 12.4. The van der Waals surface area contributed by atoms with E-state index in [0.717, 1.165) is 22.3 Å². The first-order valence-electron chi connectivity index (χ1n) is 5.84. The summed E-state index contributed by atoms with van der Waals surface area (Å²) in [5.41, 5.74) is 2.76. The average molecular weight is 347 g/mol. The Bertz CT molecular complexity index is 361. The number of benzene rings is 1. The zero-order valence-corrected chi connectivity index (χ0v) is 12.7. The van der Waals surface area contributed by atoms with Crippen LogP contribution >= 0.6 is 31.9 Å². The Kier molecular flexibility index (Phi) is 4.31. The Morgan fingerprint density at radius 1 is 1.38 bits per heavy atom. The Balaban J connectivity index is 2.21. The summed E-state index contributed by atoms with van der Waals surface area (Å²) in [6.45, 7) is 4.55. The van der Waals surface area contributed by atoms with Crippen molar-refractivity contribution in [2.45, 2.75) is 25.1 Å². The van der Waals surface area contributed by atoms with Crippen LogP contribution in [-0.2, 0) is 5.33 Å². The van der Waals surface area contributed by atoms with Gasteiger partial charge in [-0.3, -0.25) is 0 Å². The number of alkyl halides is 1. The van der Waals surface area contributed by atoms with Gasteiger partial charge in [0.1, 0.15) is 0 Å². The van der Waals surface area contributed by atoms with Gasteiger partial charge >= 0.3 is 0 Å². The van der Waals surface area contributed by atoms with Gasteiger partial charge < -0.3 is 4.90 Å². The molecule has 0 amide bonds. The molecule has 88 valence electrons. The van der Waals surface area contributed by atoms with Crippen molar-refractivity contribution in [3.63, 3.8) is 0 Å². The summed E-state index contributed by atoms with van der Waals surface area (Å²) in [7, 11) is 0. The van der Waals surface area contributed by atoms with Crippen LogP contribution in [0.4, 0.5) is 5.69 Å². The van der Waals surface area contributed by atoms with Gasteiger partial charge in [0.25, 0.3) is 0 Å². The first-order valence-corrected chi connectivity index (χ1v) is 7.75. The van der Waals surface area contributed by atoms with Crippen LogP contribution in [0, 0.1) is 5.92 Å². The van der Waals surface area contributed by atoms with Crippen molar-refractivity contribution in [2.24, 2.45) is 5.92 Å². The molecular weight excluding hydrogens is 330 g/mol. The lowest BCUT2D eigenvalue weighted by Crippen LogP contribution is -2.26. The van der Waals surface area contributed by atoms with E-state index in [4.69, 9.17) is 0 Å². The normalized spacial score (nSPS) is 15.2. The average Bonchev–Trinajstić information content (AvgIpc) is 3.10. The third-order valence-electron chi connectivity index (χ3n) is 3.08. The highest BCUT2D eigenvalue weighted by Crippen LogP contribution is 2.33. The van der Waals surface area contributed by atoms with Crippen LogP contribution in [0.5, 0.6) is 0 Å². The Hall–Kier alpha value is -0.0200. The van der Waals surface area contributed by atoms with Crippen LogP contribution in [-0.4, -0.2) is 13.1 Å². The number of hydrogen-bond donors (Lipinski definition) is 0. The van der Waals surface area contributed by atoms with Crippen LogP contribution < -0.4 is 4.90 Å². The Morgan fingerprint density at radius 3 is 2.69 bits per heavy atom. The first-order chi connectivity index (χ1) is 7.74. The van der Waals surface area contributed by atoms with E-state index in [9.17, 15) is 0 Å². The summed E-state index contributed by atoms with van der Waals surface area (Å²) in [4.78, 5) is 2.50. The van der Waals surface area contributed by atoms with Crippen molar-refractivity contribution in [2.75, 3.05) is 18.0 Å². The minimum absolute atomic E-state index is 0.920. The second kappa shape index (κ2) is 5.54. The van der Waals surface area contributed by atoms with E-state index < -0.39 is 0 Å². The Labute approximate surface area is 114 Å². The summed E-state index contributed by atoms with van der Waals surface area (Å²) >= 11 is 7.11. The molecule has 1 saturated carbocycles. The minimum atomic E-state index is 0.920. The molecule has 0 saturated heterocycles. The van der Waals surface area contributed by atoms with E-state index in [1.807, 2.05) is 0 Å². The van der Waals surface area contributed by atoms with Crippen LogP contribution in [0.2, 0.25) is 0 Å². The largest absolute Gasteiger partial charge is 0.371 e. The molecule has 1 aliphatic carbocycles. The van der Waals surface area contributed by atoms with Crippen molar-refractivity contribution in [1.82, 2.24) is 0 Å². The zero-order chi connectivity index (χ0) is 11.5. The highest BCUT2D eigenvalue weighted by atomic mass is 79.9. The van der Waals surface area contributed by atoms with Crippen LogP contribution in [0.15, 0.2) is 22.7 Å². The fourth-order valence-corrected chi connectivity index (χ4v) is 2.84. The molecule has 0 radical (unpaired) electrons. The van der Waals surface area contributed by atoms with E-state index in [0.29, 0.717) is 0 Å². The maximum absolute atomic E-state index is 3.57. The lowest BCUT2D eigenvalue weighted by Gasteiger charge is -2.25. The molecule has 16 heavy (non-hydrogen) atoms. The van der Waals surface area contributed by atoms with Crippen molar-refractivity contribution in [3.05, 3.63) is 28.2 Å². The summed E-state index contributed by atoms with van der Waals surface area (Å²) in [5.74, 6) is 0.937. The molecule has 0 aromatic heterocycles. The fraction of sp³-hybridized carbons (Fsp3) is 0.538. The van der Waals surface area contributed by atoms with Gasteiger partial charge in [-0.2, -0.15) is 0 Å². The maximum Gasteiger partial charge on any atom is 0.0408 e. The quantitative estimate of drug-likeness (QED) is 0.705. The van der Waals surface area contributed by atoms with Crippen LogP contribution in [0.1, 0.15) is 25.3 Å². The van der Waals surface area contributed by atoms with Gasteiger partial charge in [0.2, 0.25) is 0 Å². The standard InChI is InChI=1S/C13H17Br2N/c1-2-16(9-10-3-4-10)13-6-5-12(15)7-11(13)8-14/h5-7,10H,2-4,8-9H2,1H3.